The van der Waals surface area contributed by atoms with Crippen LogP contribution in [0.5, 0.6) is 11.5 Å². The van der Waals surface area contributed by atoms with Crippen molar-refractivity contribution in [1.29, 1.82) is 0 Å². The zero-order valence-electron chi connectivity index (χ0n) is 11.6. The highest BCUT2D eigenvalue weighted by molar-refractivity contribution is 5.42. The predicted molar refractivity (Wildman–Crippen MR) is 71.7 cm³/mol. The average molecular weight is 270 g/mol. The highest BCUT2D eigenvalue weighted by Gasteiger charge is 2.05. The highest BCUT2D eigenvalue weighted by Crippen LogP contribution is 2.28. The topological polar surface area (TPSA) is 57.2 Å². The molecular weight excluding hydrogens is 248 g/mol. The number of hydrogen-bond acceptors (Lipinski definition) is 5. The van der Waals surface area contributed by atoms with Gasteiger partial charge in [-0.3, -0.25) is 0 Å². The van der Waals surface area contributed by atoms with Crippen molar-refractivity contribution in [2.24, 2.45) is 0 Å². The summed E-state index contributed by atoms with van der Waals surface area (Å²) in [5.41, 5.74) is 0.798. The predicted octanol–water partition coefficient (Wildman–Crippen LogP) is 1.62. The van der Waals surface area contributed by atoms with Crippen LogP contribution in [0.2, 0.25) is 0 Å². The first-order valence-electron chi connectivity index (χ1n) is 6.29. The van der Waals surface area contributed by atoms with Crippen LogP contribution in [0.1, 0.15) is 12.0 Å². The second kappa shape index (κ2) is 9.61. The minimum atomic E-state index is -0.00994. The van der Waals surface area contributed by atoms with Gasteiger partial charge in [0.15, 0.2) is 11.5 Å². The van der Waals surface area contributed by atoms with E-state index in [1.54, 1.807) is 26.4 Å². The molecule has 0 aliphatic heterocycles. The van der Waals surface area contributed by atoms with Gasteiger partial charge >= 0.3 is 0 Å². The van der Waals surface area contributed by atoms with Gasteiger partial charge in [0, 0.05) is 20.1 Å². The van der Waals surface area contributed by atoms with E-state index in [0.717, 1.165) is 12.0 Å². The van der Waals surface area contributed by atoms with E-state index in [-0.39, 0.29) is 6.61 Å². The number of benzene rings is 1. The molecule has 0 spiro atoms. The summed E-state index contributed by atoms with van der Waals surface area (Å²) < 4.78 is 21.0. The van der Waals surface area contributed by atoms with E-state index >= 15 is 0 Å². The molecule has 0 atom stereocenters. The molecule has 0 aromatic heterocycles. The fraction of sp³-hybridized carbons (Fsp3) is 0.571. The summed E-state index contributed by atoms with van der Waals surface area (Å²) in [5.74, 6) is 1.31. The van der Waals surface area contributed by atoms with Crippen molar-refractivity contribution in [3.63, 3.8) is 0 Å². The Morgan fingerprint density at radius 1 is 1.00 bits per heavy atom. The van der Waals surface area contributed by atoms with Crippen molar-refractivity contribution in [3.05, 3.63) is 23.8 Å². The lowest BCUT2D eigenvalue weighted by Gasteiger charge is -2.11. The lowest BCUT2D eigenvalue weighted by molar-refractivity contribution is 0.0643. The first-order chi connectivity index (χ1) is 9.31. The number of aliphatic hydroxyl groups is 1. The van der Waals surface area contributed by atoms with Crippen LogP contribution in [0, 0.1) is 0 Å². The second-order valence-corrected chi connectivity index (χ2v) is 3.95. The average Bonchev–Trinajstić information content (AvgIpc) is 2.46. The van der Waals surface area contributed by atoms with Gasteiger partial charge < -0.3 is 24.1 Å². The molecule has 1 aromatic carbocycles. The molecule has 0 aliphatic carbocycles. The number of hydrogen-bond donors (Lipinski definition) is 1. The lowest BCUT2D eigenvalue weighted by atomic mass is 10.2. The second-order valence-electron chi connectivity index (χ2n) is 3.95. The number of methoxy groups -OCH3 is 2. The molecule has 0 saturated heterocycles. The summed E-state index contributed by atoms with van der Waals surface area (Å²) in [6.07, 6.45) is 0.800. The van der Waals surface area contributed by atoms with Gasteiger partial charge in [-0.05, 0) is 17.7 Å². The maximum absolute atomic E-state index is 9.04. The first-order valence-corrected chi connectivity index (χ1v) is 6.29. The molecule has 1 N–H and O–H groups in total. The van der Waals surface area contributed by atoms with Crippen molar-refractivity contribution in [1.82, 2.24) is 0 Å². The Labute approximate surface area is 114 Å². The third-order valence-corrected chi connectivity index (χ3v) is 2.53. The monoisotopic (exact) mass is 270 g/mol. The highest BCUT2D eigenvalue weighted by atomic mass is 16.5. The summed E-state index contributed by atoms with van der Waals surface area (Å²) >= 11 is 0. The van der Waals surface area contributed by atoms with Crippen LogP contribution in [0.25, 0.3) is 0 Å². The Bertz CT molecular complexity index is 354. The Balaban J connectivity index is 2.28. The van der Waals surface area contributed by atoms with Crippen molar-refractivity contribution in [2.75, 3.05) is 40.6 Å². The largest absolute Gasteiger partial charge is 0.493 e. The van der Waals surface area contributed by atoms with E-state index < -0.39 is 0 Å². The SMILES string of the molecule is COCCOCCCOc1ccc(CO)cc1OC. The maximum atomic E-state index is 9.04. The minimum Gasteiger partial charge on any atom is -0.493 e. The van der Waals surface area contributed by atoms with Crippen LogP contribution in [-0.2, 0) is 16.1 Å². The van der Waals surface area contributed by atoms with Gasteiger partial charge in [0.2, 0.25) is 0 Å². The van der Waals surface area contributed by atoms with Gasteiger partial charge in [-0.25, -0.2) is 0 Å². The third kappa shape index (κ3) is 5.92. The summed E-state index contributed by atoms with van der Waals surface area (Å²) in [5, 5.41) is 9.04. The zero-order chi connectivity index (χ0) is 13.9. The van der Waals surface area contributed by atoms with Gasteiger partial charge in [-0.2, -0.15) is 0 Å². The minimum absolute atomic E-state index is 0.00994. The summed E-state index contributed by atoms with van der Waals surface area (Å²) in [6, 6.07) is 5.38. The van der Waals surface area contributed by atoms with Crippen LogP contribution in [0.3, 0.4) is 0 Å². The van der Waals surface area contributed by atoms with Crippen LogP contribution in [0.4, 0.5) is 0 Å². The summed E-state index contributed by atoms with van der Waals surface area (Å²) in [4.78, 5) is 0. The Kier molecular flexibility index (Phi) is 7.97. The van der Waals surface area contributed by atoms with Crippen LogP contribution in [0.15, 0.2) is 18.2 Å². The van der Waals surface area contributed by atoms with E-state index in [1.807, 2.05) is 6.07 Å². The van der Waals surface area contributed by atoms with E-state index in [1.165, 1.54) is 0 Å². The molecule has 0 radical (unpaired) electrons. The van der Waals surface area contributed by atoms with Crippen LogP contribution in [-0.4, -0.2) is 45.8 Å². The molecule has 0 amide bonds. The van der Waals surface area contributed by atoms with Gasteiger partial charge in [0.25, 0.3) is 0 Å². The fourth-order valence-corrected chi connectivity index (χ4v) is 1.52. The van der Waals surface area contributed by atoms with Gasteiger partial charge in [-0.1, -0.05) is 6.07 Å². The van der Waals surface area contributed by atoms with E-state index in [9.17, 15) is 0 Å². The Morgan fingerprint density at radius 2 is 1.84 bits per heavy atom. The zero-order valence-corrected chi connectivity index (χ0v) is 11.6. The molecule has 0 saturated carbocycles. The fourth-order valence-electron chi connectivity index (χ4n) is 1.52. The molecule has 5 heteroatoms. The molecule has 0 unspecified atom stereocenters. The third-order valence-electron chi connectivity index (χ3n) is 2.53. The molecule has 1 aromatic rings. The van der Waals surface area contributed by atoms with Gasteiger partial charge in [-0.15, -0.1) is 0 Å². The molecule has 1 rings (SSSR count). The Morgan fingerprint density at radius 3 is 2.53 bits per heavy atom. The summed E-state index contributed by atoms with van der Waals surface area (Å²) in [7, 11) is 3.23. The van der Waals surface area contributed by atoms with Gasteiger partial charge in [0.1, 0.15) is 0 Å². The van der Waals surface area contributed by atoms with E-state index in [0.29, 0.717) is 37.9 Å². The lowest BCUT2D eigenvalue weighted by Crippen LogP contribution is -2.07. The Hall–Kier alpha value is -1.30. The maximum Gasteiger partial charge on any atom is 0.161 e. The normalized spacial score (nSPS) is 10.5. The summed E-state index contributed by atoms with van der Waals surface area (Å²) in [6.45, 7) is 2.40. The molecule has 0 fully saturated rings. The van der Waals surface area contributed by atoms with Crippen molar-refractivity contribution in [2.45, 2.75) is 13.0 Å². The number of ether oxygens (including phenoxy) is 4. The molecule has 5 nitrogen and oxygen atoms in total. The van der Waals surface area contributed by atoms with Crippen molar-refractivity contribution < 1.29 is 24.1 Å². The molecule has 19 heavy (non-hydrogen) atoms. The molecule has 0 aliphatic rings. The molecule has 0 heterocycles. The number of rotatable bonds is 10. The molecule has 0 bridgehead atoms. The quantitative estimate of drug-likeness (QED) is 0.655. The van der Waals surface area contributed by atoms with E-state index in [4.69, 9.17) is 24.1 Å². The van der Waals surface area contributed by atoms with E-state index in [2.05, 4.69) is 0 Å². The molecular formula is C14H22O5. The molecule has 108 valence electrons. The number of aliphatic hydroxyl groups excluding tert-OH is 1. The van der Waals surface area contributed by atoms with Crippen molar-refractivity contribution in [3.8, 4) is 11.5 Å². The first kappa shape index (κ1) is 15.8. The smallest absolute Gasteiger partial charge is 0.161 e. The standard InChI is InChI=1S/C14H22O5/c1-16-8-9-18-6-3-7-19-13-5-4-12(11-15)10-14(13)17-2/h4-5,10,15H,3,6-9,11H2,1-2H3. The van der Waals surface area contributed by atoms with Crippen LogP contribution < -0.4 is 9.47 Å². The van der Waals surface area contributed by atoms with Crippen LogP contribution >= 0.6 is 0 Å². The van der Waals surface area contributed by atoms with Gasteiger partial charge in [0.05, 0.1) is 33.5 Å². The van der Waals surface area contributed by atoms with Crippen molar-refractivity contribution >= 4 is 0 Å².